The second kappa shape index (κ2) is 10.2. The smallest absolute Gasteiger partial charge is 0.146 e. The third-order valence-corrected chi connectivity index (χ3v) is 3.99. The fourth-order valence-corrected chi connectivity index (χ4v) is 2.68. The first-order valence-electron chi connectivity index (χ1n) is 8.21. The van der Waals surface area contributed by atoms with E-state index in [9.17, 15) is 0 Å². The molecule has 0 saturated carbocycles. The van der Waals surface area contributed by atoms with Gasteiger partial charge in [0.15, 0.2) is 0 Å². The van der Waals surface area contributed by atoms with E-state index >= 15 is 0 Å². The van der Waals surface area contributed by atoms with Gasteiger partial charge in [0.2, 0.25) is 0 Å². The maximum Gasteiger partial charge on any atom is 0.146 e. The Balaban J connectivity index is 1.98. The van der Waals surface area contributed by atoms with Crippen molar-refractivity contribution in [2.45, 2.75) is 25.9 Å². The van der Waals surface area contributed by atoms with Crippen molar-refractivity contribution in [3.63, 3.8) is 0 Å². The van der Waals surface area contributed by atoms with E-state index in [2.05, 4.69) is 72.5 Å². The maximum atomic E-state index is 5.42. The second-order valence-corrected chi connectivity index (χ2v) is 5.71. The minimum absolute atomic E-state index is 0.368. The number of rotatable bonds is 10. The van der Waals surface area contributed by atoms with Crippen molar-refractivity contribution in [2.24, 2.45) is 0 Å². The molecule has 0 heterocycles. The van der Waals surface area contributed by atoms with Crippen LogP contribution in [0, 0.1) is 0 Å². The molecule has 3 heteroatoms. The lowest BCUT2D eigenvalue weighted by atomic mass is 10.1. The average molecular weight is 313 g/mol. The van der Waals surface area contributed by atoms with E-state index in [4.69, 9.17) is 9.47 Å². The third-order valence-electron chi connectivity index (χ3n) is 3.99. The minimum atomic E-state index is 0.368. The largest absolute Gasteiger partial charge is 0.359 e. The molecule has 0 amide bonds. The summed E-state index contributed by atoms with van der Waals surface area (Å²) < 4.78 is 10.3. The van der Waals surface area contributed by atoms with Crippen LogP contribution in [0.3, 0.4) is 0 Å². The maximum absolute atomic E-state index is 5.42. The van der Waals surface area contributed by atoms with Gasteiger partial charge in [0.25, 0.3) is 0 Å². The van der Waals surface area contributed by atoms with Crippen LogP contribution in [0.25, 0.3) is 0 Å². The number of nitrogens with zero attached hydrogens (tertiary/aromatic N) is 1. The molecule has 2 rings (SSSR count). The highest BCUT2D eigenvalue weighted by atomic mass is 16.7. The molecule has 0 aliphatic heterocycles. The van der Waals surface area contributed by atoms with Gasteiger partial charge in [-0.2, -0.15) is 0 Å². The molecule has 0 bridgehead atoms. The molecule has 0 radical (unpaired) electrons. The molecule has 0 N–H and O–H groups in total. The van der Waals surface area contributed by atoms with Crippen LogP contribution in [-0.2, 0) is 16.0 Å². The van der Waals surface area contributed by atoms with E-state index in [1.165, 1.54) is 11.1 Å². The highest BCUT2D eigenvalue weighted by Crippen LogP contribution is 2.22. The van der Waals surface area contributed by atoms with Crippen molar-refractivity contribution >= 4 is 0 Å². The molecule has 0 unspecified atom stereocenters. The summed E-state index contributed by atoms with van der Waals surface area (Å²) in [4.78, 5) is 2.50. The molecule has 2 aromatic rings. The number of hydrogen-bond acceptors (Lipinski definition) is 3. The lowest BCUT2D eigenvalue weighted by Crippen LogP contribution is -2.28. The predicted molar refractivity (Wildman–Crippen MR) is 94.2 cm³/mol. The van der Waals surface area contributed by atoms with Gasteiger partial charge in [0.05, 0.1) is 6.61 Å². The molecule has 124 valence electrons. The highest BCUT2D eigenvalue weighted by Gasteiger charge is 2.15. The normalized spacial score (nSPS) is 12.5. The number of hydrogen-bond donors (Lipinski definition) is 0. The Bertz CT molecular complexity index is 530. The van der Waals surface area contributed by atoms with Crippen LogP contribution in [-0.4, -0.2) is 32.0 Å². The predicted octanol–water partition coefficient (Wildman–Crippen LogP) is 4.26. The molecule has 0 aliphatic rings. The molecule has 0 aliphatic carbocycles. The Hall–Kier alpha value is -1.68. The van der Waals surface area contributed by atoms with E-state index in [1.807, 2.05) is 0 Å². The van der Waals surface area contributed by atoms with Crippen molar-refractivity contribution in [2.75, 3.05) is 27.1 Å². The molecule has 2 aromatic carbocycles. The Morgan fingerprint density at radius 3 is 2.26 bits per heavy atom. The van der Waals surface area contributed by atoms with Crippen LogP contribution in [0.5, 0.6) is 0 Å². The van der Waals surface area contributed by atoms with Gasteiger partial charge in [0, 0.05) is 26.2 Å². The van der Waals surface area contributed by atoms with Crippen LogP contribution >= 0.6 is 0 Å². The quantitative estimate of drug-likeness (QED) is 0.483. The Labute approximate surface area is 139 Å². The van der Waals surface area contributed by atoms with Gasteiger partial charge in [0.1, 0.15) is 6.79 Å². The summed E-state index contributed by atoms with van der Waals surface area (Å²) in [6.07, 6.45) is 0.993. The first kappa shape index (κ1) is 17.7. The van der Waals surface area contributed by atoms with E-state index in [1.54, 1.807) is 7.11 Å². The van der Waals surface area contributed by atoms with E-state index in [0.29, 0.717) is 12.8 Å². The Morgan fingerprint density at radius 1 is 0.957 bits per heavy atom. The summed E-state index contributed by atoms with van der Waals surface area (Å²) in [6.45, 7) is 5.30. The molecular weight excluding hydrogens is 286 g/mol. The first-order chi connectivity index (χ1) is 11.3. The van der Waals surface area contributed by atoms with Gasteiger partial charge >= 0.3 is 0 Å². The minimum Gasteiger partial charge on any atom is -0.359 e. The topological polar surface area (TPSA) is 21.7 Å². The zero-order valence-corrected chi connectivity index (χ0v) is 14.2. The zero-order chi connectivity index (χ0) is 16.3. The molecule has 1 atom stereocenters. The summed E-state index contributed by atoms with van der Waals surface area (Å²) in [5.74, 6) is 0. The SMILES string of the molecule is COCOCCCN(Cc1ccccc1)[C@@H](C)c1ccccc1. The van der Waals surface area contributed by atoms with Gasteiger partial charge in [-0.15, -0.1) is 0 Å². The van der Waals surface area contributed by atoms with Crippen molar-refractivity contribution < 1.29 is 9.47 Å². The summed E-state index contributed by atoms with van der Waals surface area (Å²) in [5.41, 5.74) is 2.69. The fourth-order valence-electron chi connectivity index (χ4n) is 2.68. The standard InChI is InChI=1S/C20H27NO2/c1-18(20-12-7-4-8-13-20)21(14-9-15-23-17-22-2)16-19-10-5-3-6-11-19/h3-8,10-13,18H,9,14-17H2,1-2H3/t18-/m0/s1. The molecule has 0 fully saturated rings. The zero-order valence-electron chi connectivity index (χ0n) is 14.2. The van der Waals surface area contributed by atoms with Crippen LogP contribution in [0.15, 0.2) is 60.7 Å². The van der Waals surface area contributed by atoms with Crippen LogP contribution in [0.4, 0.5) is 0 Å². The fraction of sp³-hybridized carbons (Fsp3) is 0.400. The molecule has 0 spiro atoms. The van der Waals surface area contributed by atoms with E-state index in [0.717, 1.165) is 26.1 Å². The Kier molecular flexibility index (Phi) is 7.81. The molecular formula is C20H27NO2. The highest BCUT2D eigenvalue weighted by molar-refractivity contribution is 5.20. The van der Waals surface area contributed by atoms with Gasteiger partial charge in [-0.05, 0) is 24.5 Å². The summed E-state index contributed by atoms with van der Waals surface area (Å²) >= 11 is 0. The van der Waals surface area contributed by atoms with Crippen molar-refractivity contribution in [1.29, 1.82) is 0 Å². The van der Waals surface area contributed by atoms with Gasteiger partial charge in [-0.3, -0.25) is 4.90 Å². The van der Waals surface area contributed by atoms with Gasteiger partial charge in [-0.1, -0.05) is 60.7 Å². The number of methoxy groups -OCH3 is 1. The monoisotopic (exact) mass is 313 g/mol. The third kappa shape index (κ3) is 6.14. The molecule has 23 heavy (non-hydrogen) atoms. The van der Waals surface area contributed by atoms with Crippen molar-refractivity contribution in [3.05, 3.63) is 71.8 Å². The number of ether oxygens (including phenoxy) is 2. The van der Waals surface area contributed by atoms with Crippen molar-refractivity contribution in [3.8, 4) is 0 Å². The van der Waals surface area contributed by atoms with Crippen LogP contribution in [0.2, 0.25) is 0 Å². The van der Waals surface area contributed by atoms with E-state index < -0.39 is 0 Å². The lowest BCUT2D eigenvalue weighted by Gasteiger charge is -2.29. The molecule has 0 aromatic heterocycles. The Morgan fingerprint density at radius 2 is 1.61 bits per heavy atom. The average Bonchev–Trinajstić information content (AvgIpc) is 2.61. The van der Waals surface area contributed by atoms with Crippen molar-refractivity contribution in [1.82, 2.24) is 4.90 Å². The van der Waals surface area contributed by atoms with Gasteiger partial charge < -0.3 is 9.47 Å². The van der Waals surface area contributed by atoms with E-state index in [-0.39, 0.29) is 0 Å². The summed E-state index contributed by atoms with van der Waals surface area (Å²) in [5, 5.41) is 0. The summed E-state index contributed by atoms with van der Waals surface area (Å²) in [7, 11) is 1.65. The molecule has 0 saturated heterocycles. The first-order valence-corrected chi connectivity index (χ1v) is 8.21. The van der Waals surface area contributed by atoms with Crippen LogP contribution in [0.1, 0.15) is 30.5 Å². The summed E-state index contributed by atoms with van der Waals surface area (Å²) in [6, 6.07) is 21.7. The number of benzene rings is 2. The molecule has 3 nitrogen and oxygen atoms in total. The van der Waals surface area contributed by atoms with Crippen LogP contribution < -0.4 is 0 Å². The second-order valence-electron chi connectivity index (χ2n) is 5.71. The lowest BCUT2D eigenvalue weighted by molar-refractivity contribution is -0.0336. The van der Waals surface area contributed by atoms with Gasteiger partial charge in [-0.25, -0.2) is 0 Å².